The van der Waals surface area contributed by atoms with Crippen LogP contribution in [0.15, 0.2) is 45.1 Å². The molecule has 4 nitrogen and oxygen atoms in total. The fourth-order valence-corrected chi connectivity index (χ4v) is 3.71. The molecule has 2 aromatic rings. The first-order valence-corrected chi connectivity index (χ1v) is 9.17. The van der Waals surface area contributed by atoms with Gasteiger partial charge in [-0.25, -0.2) is 13.4 Å². The van der Waals surface area contributed by atoms with E-state index < -0.39 is 9.84 Å². The van der Waals surface area contributed by atoms with Gasteiger partial charge in [0.05, 0.1) is 4.90 Å². The zero-order chi connectivity index (χ0) is 15.6. The van der Waals surface area contributed by atoms with E-state index in [0.717, 1.165) is 26.7 Å². The first kappa shape index (κ1) is 16.0. The lowest BCUT2D eigenvalue weighted by molar-refractivity contribution is 0.602. The van der Waals surface area contributed by atoms with Crippen LogP contribution in [0.1, 0.15) is 16.8 Å². The quantitative estimate of drug-likeness (QED) is 0.937. The largest absolute Gasteiger partial charge is 0.326 e. The molecule has 0 atom stereocenters. The molecule has 0 aliphatic heterocycles. The predicted octanol–water partition coefficient (Wildman–Crippen LogP) is 2.71. The molecule has 0 amide bonds. The van der Waals surface area contributed by atoms with Crippen LogP contribution in [-0.2, 0) is 16.4 Å². The van der Waals surface area contributed by atoms with E-state index in [2.05, 4.69) is 4.98 Å². The van der Waals surface area contributed by atoms with Crippen molar-refractivity contribution in [1.82, 2.24) is 4.98 Å². The Bertz CT molecular complexity index is 754. The summed E-state index contributed by atoms with van der Waals surface area (Å²) in [6, 6.07) is 8.82. The summed E-state index contributed by atoms with van der Waals surface area (Å²) in [6.45, 7) is 4.40. The molecule has 2 rings (SSSR count). The molecule has 0 aliphatic rings. The van der Waals surface area contributed by atoms with Crippen molar-refractivity contribution in [3.8, 4) is 0 Å². The van der Waals surface area contributed by atoms with Crippen LogP contribution in [-0.4, -0.2) is 19.7 Å². The van der Waals surface area contributed by atoms with Crippen molar-refractivity contribution < 1.29 is 8.42 Å². The molecule has 112 valence electrons. The van der Waals surface area contributed by atoms with E-state index in [1.54, 1.807) is 24.3 Å². The third-order valence-electron chi connectivity index (χ3n) is 3.11. The molecule has 2 N–H and O–H groups in total. The molecule has 0 spiro atoms. The van der Waals surface area contributed by atoms with Gasteiger partial charge in [-0.3, -0.25) is 0 Å². The fraction of sp³-hybridized carbons (Fsp3) is 0.267. The molecule has 21 heavy (non-hydrogen) atoms. The highest BCUT2D eigenvalue weighted by Gasteiger charge is 2.11. The summed E-state index contributed by atoms with van der Waals surface area (Å²) in [5.41, 5.74) is 8.90. The van der Waals surface area contributed by atoms with Crippen LogP contribution in [0.4, 0.5) is 0 Å². The smallest absolute Gasteiger partial charge is 0.175 e. The number of nitrogens with two attached hydrogens (primary N) is 1. The third-order valence-corrected chi connectivity index (χ3v) is 5.28. The fourth-order valence-electron chi connectivity index (χ4n) is 2.03. The summed E-state index contributed by atoms with van der Waals surface area (Å²) in [5.74, 6) is 0. The van der Waals surface area contributed by atoms with Gasteiger partial charge in [0.1, 0.15) is 5.03 Å². The summed E-state index contributed by atoms with van der Waals surface area (Å²) in [6.07, 6.45) is 1.20. The third kappa shape index (κ3) is 3.84. The molecule has 0 aliphatic carbocycles. The van der Waals surface area contributed by atoms with E-state index in [1.807, 2.05) is 19.9 Å². The summed E-state index contributed by atoms with van der Waals surface area (Å²) in [4.78, 5) is 5.79. The molecule has 0 bridgehead atoms. The summed E-state index contributed by atoms with van der Waals surface area (Å²) in [5, 5.41) is 0.877. The van der Waals surface area contributed by atoms with Crippen LogP contribution in [0.25, 0.3) is 0 Å². The van der Waals surface area contributed by atoms with E-state index >= 15 is 0 Å². The molecular weight excluding hydrogens is 304 g/mol. The lowest BCUT2D eigenvalue weighted by Gasteiger charge is -2.11. The minimum atomic E-state index is -3.16. The molecule has 1 heterocycles. The second kappa shape index (κ2) is 6.17. The molecule has 0 unspecified atom stereocenters. The van der Waals surface area contributed by atoms with Crippen molar-refractivity contribution in [1.29, 1.82) is 0 Å². The average Bonchev–Trinajstić information content (AvgIpc) is 2.38. The Morgan fingerprint density at radius 2 is 1.81 bits per heavy atom. The van der Waals surface area contributed by atoms with Gasteiger partial charge in [-0.05, 0) is 49.7 Å². The Kier molecular flexibility index (Phi) is 4.70. The Hall–Kier alpha value is -1.37. The number of sulfone groups is 1. The molecule has 0 fully saturated rings. The van der Waals surface area contributed by atoms with Gasteiger partial charge in [-0.1, -0.05) is 11.8 Å². The minimum Gasteiger partial charge on any atom is -0.326 e. The van der Waals surface area contributed by atoms with Crippen molar-refractivity contribution in [2.45, 2.75) is 35.2 Å². The van der Waals surface area contributed by atoms with E-state index in [-0.39, 0.29) is 0 Å². The lowest BCUT2D eigenvalue weighted by Crippen LogP contribution is -2.04. The Labute approximate surface area is 129 Å². The van der Waals surface area contributed by atoms with E-state index in [0.29, 0.717) is 11.4 Å². The highest BCUT2D eigenvalue weighted by molar-refractivity contribution is 7.99. The number of rotatable bonds is 4. The second-order valence-electron chi connectivity index (χ2n) is 4.91. The maximum Gasteiger partial charge on any atom is 0.175 e. The normalized spacial score (nSPS) is 11.6. The van der Waals surface area contributed by atoms with Crippen LogP contribution in [0.2, 0.25) is 0 Å². The average molecular weight is 322 g/mol. The van der Waals surface area contributed by atoms with Gasteiger partial charge in [0.25, 0.3) is 0 Å². The van der Waals surface area contributed by atoms with Gasteiger partial charge in [0.15, 0.2) is 9.84 Å². The first-order valence-electron chi connectivity index (χ1n) is 6.46. The van der Waals surface area contributed by atoms with Crippen LogP contribution < -0.4 is 5.73 Å². The van der Waals surface area contributed by atoms with Gasteiger partial charge in [0, 0.05) is 29.0 Å². The van der Waals surface area contributed by atoms with E-state index in [9.17, 15) is 8.42 Å². The van der Waals surface area contributed by atoms with Crippen molar-refractivity contribution in [3.05, 3.63) is 47.2 Å². The Morgan fingerprint density at radius 1 is 1.19 bits per heavy atom. The SMILES string of the molecule is Cc1cc(C)c(CN)c(Sc2ccc(S(C)(=O)=O)cc2)n1. The van der Waals surface area contributed by atoms with Gasteiger partial charge in [-0.2, -0.15) is 0 Å². The lowest BCUT2D eigenvalue weighted by atomic mass is 10.1. The molecule has 0 radical (unpaired) electrons. The second-order valence-corrected chi connectivity index (χ2v) is 7.99. The van der Waals surface area contributed by atoms with Gasteiger partial charge in [0.2, 0.25) is 0 Å². The number of aromatic nitrogens is 1. The maximum absolute atomic E-state index is 11.5. The van der Waals surface area contributed by atoms with Crippen molar-refractivity contribution >= 4 is 21.6 Å². The van der Waals surface area contributed by atoms with Crippen molar-refractivity contribution in [2.75, 3.05) is 6.26 Å². The van der Waals surface area contributed by atoms with Crippen LogP contribution in [0, 0.1) is 13.8 Å². The number of pyridine rings is 1. The Morgan fingerprint density at radius 3 is 2.33 bits per heavy atom. The highest BCUT2D eigenvalue weighted by Crippen LogP contribution is 2.31. The van der Waals surface area contributed by atoms with Crippen LogP contribution in [0.5, 0.6) is 0 Å². The molecule has 6 heteroatoms. The standard InChI is InChI=1S/C15H18N2O2S2/c1-10-8-11(2)17-15(14(10)9-16)20-12-4-6-13(7-5-12)21(3,18)19/h4-8H,9,16H2,1-3H3. The summed E-state index contributed by atoms with van der Waals surface area (Å²) in [7, 11) is -3.16. The zero-order valence-corrected chi connectivity index (χ0v) is 13.9. The first-order chi connectivity index (χ1) is 9.81. The monoisotopic (exact) mass is 322 g/mol. The van der Waals surface area contributed by atoms with Crippen LogP contribution >= 0.6 is 11.8 Å². The van der Waals surface area contributed by atoms with Crippen molar-refractivity contribution in [3.63, 3.8) is 0 Å². The molecular formula is C15H18N2O2S2. The zero-order valence-electron chi connectivity index (χ0n) is 12.3. The number of hydrogen-bond acceptors (Lipinski definition) is 5. The number of nitrogens with zero attached hydrogens (tertiary/aromatic N) is 1. The van der Waals surface area contributed by atoms with Gasteiger partial charge < -0.3 is 5.73 Å². The predicted molar refractivity (Wildman–Crippen MR) is 85.3 cm³/mol. The number of hydrogen-bond donors (Lipinski definition) is 1. The summed E-state index contributed by atoms with van der Waals surface area (Å²) < 4.78 is 22.9. The molecule has 0 saturated heterocycles. The van der Waals surface area contributed by atoms with Crippen LogP contribution in [0.3, 0.4) is 0 Å². The molecule has 1 aromatic heterocycles. The van der Waals surface area contributed by atoms with Gasteiger partial charge >= 0.3 is 0 Å². The summed E-state index contributed by atoms with van der Waals surface area (Å²) >= 11 is 1.50. The Balaban J connectivity index is 2.34. The van der Waals surface area contributed by atoms with Gasteiger partial charge in [-0.15, -0.1) is 0 Å². The highest BCUT2D eigenvalue weighted by atomic mass is 32.2. The number of benzene rings is 1. The van der Waals surface area contributed by atoms with E-state index in [1.165, 1.54) is 18.0 Å². The van der Waals surface area contributed by atoms with E-state index in [4.69, 9.17) is 5.73 Å². The molecule has 0 saturated carbocycles. The number of aryl methyl sites for hydroxylation is 2. The topological polar surface area (TPSA) is 73.1 Å². The maximum atomic E-state index is 11.5. The molecule has 1 aromatic carbocycles. The minimum absolute atomic E-state index is 0.319. The van der Waals surface area contributed by atoms with Crippen molar-refractivity contribution in [2.24, 2.45) is 5.73 Å².